The smallest absolute Gasteiger partial charge is 0.242 e. The monoisotopic (exact) mass is 1820 g/mol. The Morgan fingerprint density at radius 1 is 0.391 bits per heavy atom. The van der Waals surface area contributed by atoms with Crippen LogP contribution in [0.2, 0.25) is 0 Å². The van der Waals surface area contributed by atoms with Gasteiger partial charge in [-0.1, -0.05) is 212 Å². The second kappa shape index (κ2) is 53.3. The molecule has 0 N–H and O–H groups in total. The molecule has 6 aromatic rings. The molecule has 128 heavy (non-hydrogen) atoms. The normalized spacial score (nSPS) is 17.6. The van der Waals surface area contributed by atoms with Crippen molar-refractivity contribution < 1.29 is 52.1 Å². The third kappa shape index (κ3) is 30.5. The summed E-state index contributed by atoms with van der Waals surface area (Å²) in [6.07, 6.45) is 21.7. The number of carbonyl (C=O) groups excluding carboxylic acids is 6. The quantitative estimate of drug-likeness (QED) is 0.0262. The van der Waals surface area contributed by atoms with E-state index in [0.717, 1.165) is 233 Å². The minimum absolute atomic E-state index is 0.0308. The number of halogens is 4. The van der Waals surface area contributed by atoms with Gasteiger partial charge in [0.1, 0.15) is 64.6 Å². The minimum Gasteiger partial charge on any atom is -0.494 e. The van der Waals surface area contributed by atoms with Crippen LogP contribution in [0.3, 0.4) is 0 Å². The Balaban J connectivity index is 0.000000200. The summed E-state index contributed by atoms with van der Waals surface area (Å²) in [5.41, 5.74) is 7.70. The average Bonchev–Trinajstić information content (AvgIpc) is 0.773. The molecule has 3 atom stereocenters. The zero-order chi connectivity index (χ0) is 91.6. The van der Waals surface area contributed by atoms with Crippen molar-refractivity contribution in [3.05, 3.63) is 172 Å². The highest BCUT2D eigenvalue weighted by Crippen LogP contribution is 2.44. The van der Waals surface area contributed by atoms with Gasteiger partial charge >= 0.3 is 0 Å². The highest BCUT2D eigenvalue weighted by Gasteiger charge is 2.40. The molecule has 19 nitrogen and oxygen atoms in total. The van der Waals surface area contributed by atoms with Crippen LogP contribution in [0.5, 0.6) is 23.0 Å². The van der Waals surface area contributed by atoms with Crippen LogP contribution in [0.1, 0.15) is 258 Å². The lowest BCUT2D eigenvalue weighted by Gasteiger charge is -2.34. The van der Waals surface area contributed by atoms with Crippen molar-refractivity contribution >= 4 is 86.9 Å². The van der Waals surface area contributed by atoms with Gasteiger partial charge in [-0.15, -0.1) is 34.8 Å². The van der Waals surface area contributed by atoms with Crippen LogP contribution in [-0.4, -0.2) is 228 Å². The lowest BCUT2D eigenvalue weighted by atomic mass is 9.83. The van der Waals surface area contributed by atoms with Crippen LogP contribution in [0, 0.1) is 23.6 Å². The van der Waals surface area contributed by atoms with E-state index in [1.807, 2.05) is 117 Å². The van der Waals surface area contributed by atoms with Gasteiger partial charge in [0.25, 0.3) is 0 Å². The molecule has 0 bridgehead atoms. The van der Waals surface area contributed by atoms with Crippen LogP contribution < -0.4 is 33.6 Å². The number of hydrogen-bond donors (Lipinski definition) is 0. The van der Waals surface area contributed by atoms with E-state index in [0.29, 0.717) is 79.6 Å². The van der Waals surface area contributed by atoms with Crippen molar-refractivity contribution in [2.45, 2.75) is 226 Å². The Labute approximate surface area is 780 Å². The molecule has 3 amide bonds. The Morgan fingerprint density at radius 2 is 0.703 bits per heavy atom. The van der Waals surface area contributed by atoms with Crippen molar-refractivity contribution in [2.24, 2.45) is 17.8 Å². The third-order valence-corrected chi connectivity index (χ3v) is 27.6. The summed E-state index contributed by atoms with van der Waals surface area (Å²) in [4.78, 5) is 102. The van der Waals surface area contributed by atoms with E-state index in [2.05, 4.69) is 97.3 Å². The SMILES string of the molecule is CC(C)c1ccc(N(C(=O)CCl)C(C(=O)CC2CCCCC2)c2ccc(OCCCN3CCN(C)CC3)cc2)c(F)c1.CCc1cc(C(C)C)ccc1N(C(=O)CCl)C(C(=O)CC1CCCCC1)c1ccc(OCCCN2CCN(C)CC2)cc1.COc1c(C(C)C)cccc1N(C(=O)CCl)C(C(=O)CC1CCCCC1)c1ccc(OCCCN2CCN(C)CC2)cc1. The van der Waals surface area contributed by atoms with Gasteiger partial charge in [-0.25, -0.2) is 4.39 Å². The number of anilines is 3. The molecule has 6 aliphatic rings. The number of amides is 3. The summed E-state index contributed by atoms with van der Waals surface area (Å²) < 4.78 is 39.7. The first-order valence-corrected chi connectivity index (χ1v) is 49.7. The summed E-state index contributed by atoms with van der Waals surface area (Å²) in [5.74, 6) is 2.14. The Kier molecular flexibility index (Phi) is 42.7. The number of hydrogen-bond acceptors (Lipinski definition) is 16. The molecule has 0 spiro atoms. The number of aryl methyl sites for hydroxylation is 1. The summed E-state index contributed by atoms with van der Waals surface area (Å²) in [6, 6.07) is 37.2. The number of alkyl halides is 3. The first kappa shape index (κ1) is 103. The largest absolute Gasteiger partial charge is 0.494 e. The number of carbonyl (C=O) groups is 6. The van der Waals surface area contributed by atoms with Crippen LogP contribution in [0.15, 0.2) is 127 Å². The second-order valence-electron chi connectivity index (χ2n) is 37.5. The summed E-state index contributed by atoms with van der Waals surface area (Å²) >= 11 is 18.5. The maximum atomic E-state index is 15.6. The molecule has 3 saturated carbocycles. The van der Waals surface area contributed by atoms with Gasteiger partial charge in [0.15, 0.2) is 17.3 Å². The first-order valence-electron chi connectivity index (χ1n) is 48.1. The van der Waals surface area contributed by atoms with Crippen molar-refractivity contribution in [1.82, 2.24) is 29.4 Å². The van der Waals surface area contributed by atoms with E-state index in [9.17, 15) is 28.8 Å². The molecule has 6 fully saturated rings. The number of methoxy groups -OCH3 is 1. The highest BCUT2D eigenvalue weighted by molar-refractivity contribution is 6.31. The lowest BCUT2D eigenvalue weighted by Crippen LogP contribution is -2.44. The van der Waals surface area contributed by atoms with Crippen molar-refractivity contribution in [2.75, 3.05) is 179 Å². The van der Waals surface area contributed by atoms with Crippen molar-refractivity contribution in [3.8, 4) is 23.0 Å². The van der Waals surface area contributed by atoms with Gasteiger partial charge < -0.3 is 48.3 Å². The van der Waals surface area contributed by atoms with E-state index in [-0.39, 0.29) is 70.2 Å². The molecule has 3 saturated heterocycles. The molecule has 3 heterocycles. The molecule has 3 aliphatic carbocycles. The molecule has 0 aromatic heterocycles. The number of likely N-dealkylation sites (N-methyl/N-ethyl adjacent to an activating group) is 3. The van der Waals surface area contributed by atoms with E-state index in [1.165, 1.54) is 48.6 Å². The van der Waals surface area contributed by atoms with Crippen LogP contribution in [-0.2, 0) is 35.2 Å². The molecule has 23 heteroatoms. The number of rotatable bonds is 41. The molecule has 12 rings (SSSR count). The van der Waals surface area contributed by atoms with Gasteiger partial charge in [-0.3, -0.25) is 43.5 Å². The lowest BCUT2D eigenvalue weighted by molar-refractivity contribution is -0.125. The predicted octanol–water partition coefficient (Wildman–Crippen LogP) is 20.7. The van der Waals surface area contributed by atoms with Gasteiger partial charge in [0, 0.05) is 123 Å². The third-order valence-electron chi connectivity index (χ3n) is 26.9. The number of Topliss-reactive ketones (excluding diaryl/α,β-unsaturated/α-hetero) is 3. The molecule has 3 unspecified atom stereocenters. The number of para-hydroxylation sites is 1. The molecule has 6 aromatic carbocycles. The van der Waals surface area contributed by atoms with Crippen molar-refractivity contribution in [1.29, 1.82) is 0 Å². The fourth-order valence-corrected chi connectivity index (χ4v) is 19.5. The number of benzene rings is 6. The number of piperazine rings is 3. The molecule has 3 aliphatic heterocycles. The Bertz CT molecular complexity index is 4380. The zero-order valence-corrected chi connectivity index (χ0v) is 81.1. The number of ether oxygens (including phenoxy) is 4. The minimum atomic E-state index is -0.969. The molecule has 702 valence electrons. The fraction of sp³-hybridized carbons (Fsp3) is 0.600. The van der Waals surface area contributed by atoms with Crippen LogP contribution >= 0.6 is 34.8 Å². The van der Waals surface area contributed by atoms with E-state index in [1.54, 1.807) is 23.0 Å². The van der Waals surface area contributed by atoms with Gasteiger partial charge in [-0.05, 0) is 182 Å². The highest BCUT2D eigenvalue weighted by atomic mass is 35.5. The van der Waals surface area contributed by atoms with E-state index < -0.39 is 29.8 Å². The van der Waals surface area contributed by atoms with E-state index in [4.69, 9.17) is 53.8 Å². The Morgan fingerprint density at radius 3 is 1.01 bits per heavy atom. The number of nitrogens with zero attached hydrogens (tertiary/aromatic N) is 9. The first-order chi connectivity index (χ1) is 61.9. The maximum absolute atomic E-state index is 15.6. The average molecular weight is 1820 g/mol. The van der Waals surface area contributed by atoms with Gasteiger partial charge in [0.2, 0.25) is 17.7 Å². The predicted molar refractivity (Wildman–Crippen MR) is 520 cm³/mol. The van der Waals surface area contributed by atoms with E-state index >= 15 is 4.39 Å². The second-order valence-corrected chi connectivity index (χ2v) is 38.3. The van der Waals surface area contributed by atoms with Crippen LogP contribution in [0.4, 0.5) is 21.5 Å². The maximum Gasteiger partial charge on any atom is 0.242 e. The summed E-state index contributed by atoms with van der Waals surface area (Å²) in [5, 5.41) is 0. The van der Waals surface area contributed by atoms with Crippen molar-refractivity contribution in [3.63, 3.8) is 0 Å². The summed E-state index contributed by atoms with van der Waals surface area (Å²) in [6.45, 7) is 32.8. The van der Waals surface area contributed by atoms with Gasteiger partial charge in [0.05, 0.1) is 38.3 Å². The number of ketones is 3. The van der Waals surface area contributed by atoms with Gasteiger partial charge in [-0.2, -0.15) is 0 Å². The molecular weight excluding hydrogens is 1670 g/mol. The van der Waals surface area contributed by atoms with Crippen LogP contribution in [0.25, 0.3) is 0 Å². The molecule has 0 radical (unpaired) electrons. The standard InChI is InChI=1S/C36H52ClN3O3.C35H50ClN3O4.C34H47ClFN3O3/c1-5-29-25-31(27(2)3)14-17-33(29)40(35(42)26-37)36(34(41)24-28-10-7-6-8-11-28)30-12-15-32(16-13-30)43-23-9-18-39-21-19-38(4)20-22-39;1-26(2)30-12-8-13-31(35(30)42-4)39(33(41)25-36)34(32(40)24-27-10-6-5-7-11-27)28-14-16-29(17-15-28)43-23-9-18-38-21-19-37(3)20-22-38;1-25(2)28-12-15-31(30(36)23-28)39(33(41)24-35)34(32(40)22-26-8-5-4-6-9-26)27-10-13-29(14-11-27)42-21-7-16-38-19-17-37(3)18-20-38/h12-17,25,27-28,36H,5-11,18-24,26H2,1-4H3;8,12-17,26-27,34H,5-7,9-11,18-25H2,1-4H3;10-15,23,25-26,34H,4-9,16-22,24H2,1-3H3. The summed E-state index contributed by atoms with van der Waals surface area (Å²) in [7, 11) is 8.11. The Hall–Kier alpha value is -7.50. The zero-order valence-electron chi connectivity index (χ0n) is 78.8. The topological polar surface area (TPSA) is 168 Å². The fourth-order valence-electron chi connectivity index (χ4n) is 19.1. The molecular formula is C105H149Cl3FN9O10.